The lowest BCUT2D eigenvalue weighted by Gasteiger charge is -2.21. The Bertz CT molecular complexity index is 687. The van der Waals surface area contributed by atoms with Gasteiger partial charge in [-0.25, -0.2) is 13.4 Å². The first kappa shape index (κ1) is 15.5. The van der Waals surface area contributed by atoms with Gasteiger partial charge in [-0.15, -0.1) is 0 Å². The molecule has 21 heavy (non-hydrogen) atoms. The van der Waals surface area contributed by atoms with Crippen molar-refractivity contribution in [3.8, 4) is 0 Å². The summed E-state index contributed by atoms with van der Waals surface area (Å²) < 4.78 is 27.0. The number of rotatable bonds is 6. The first-order chi connectivity index (χ1) is 10.1. The Labute approximate surface area is 125 Å². The smallest absolute Gasteiger partial charge is 0.262 e. The molecule has 0 spiro atoms. The minimum Gasteiger partial charge on any atom is -0.386 e. The summed E-state index contributed by atoms with van der Waals surface area (Å²) in [4.78, 5) is 4.04. The van der Waals surface area contributed by atoms with Gasteiger partial charge in [0.15, 0.2) is 5.03 Å². The third-order valence-electron chi connectivity index (χ3n) is 3.18. The van der Waals surface area contributed by atoms with Crippen LogP contribution in [0.2, 0.25) is 0 Å². The average molecular weight is 305 g/mol. The van der Waals surface area contributed by atoms with E-state index in [0.717, 1.165) is 5.56 Å². The third kappa shape index (κ3) is 3.40. The molecule has 0 fully saturated rings. The molecule has 1 aromatic heterocycles. The lowest BCUT2D eigenvalue weighted by Crippen LogP contribution is -2.31. The molecule has 0 amide bonds. The number of nitrogens with zero attached hydrogens (tertiary/aromatic N) is 2. The van der Waals surface area contributed by atoms with Gasteiger partial charge in [0, 0.05) is 26.3 Å². The van der Waals surface area contributed by atoms with Gasteiger partial charge in [-0.3, -0.25) is 0 Å². The van der Waals surface area contributed by atoms with Crippen LogP contribution in [0.3, 0.4) is 0 Å². The van der Waals surface area contributed by atoms with Crippen molar-refractivity contribution in [1.82, 2.24) is 9.29 Å². The second-order valence-electron chi connectivity index (χ2n) is 4.52. The fraction of sp³-hybridized carbons (Fsp3) is 0.267. The summed E-state index contributed by atoms with van der Waals surface area (Å²) >= 11 is 0. The van der Waals surface area contributed by atoms with Crippen molar-refractivity contribution in [3.63, 3.8) is 0 Å². The second kappa shape index (κ2) is 6.69. The Hall–Kier alpha value is -1.92. The number of anilines is 1. The summed E-state index contributed by atoms with van der Waals surface area (Å²) in [7, 11) is -1.95. The standard InChI is InChI=1S/C15H19N3O2S/c1-3-18(12-13-8-5-4-6-9-13)21(19,20)15-14(16-2)10-7-11-17-15/h4-11,16H,3,12H2,1-2H3. The largest absolute Gasteiger partial charge is 0.386 e. The average Bonchev–Trinajstić information content (AvgIpc) is 2.53. The number of benzene rings is 1. The molecule has 1 aromatic carbocycles. The van der Waals surface area contributed by atoms with Crippen LogP contribution in [0.4, 0.5) is 5.69 Å². The van der Waals surface area contributed by atoms with Crippen molar-refractivity contribution in [2.24, 2.45) is 0 Å². The lowest BCUT2D eigenvalue weighted by atomic mass is 10.2. The highest BCUT2D eigenvalue weighted by molar-refractivity contribution is 7.89. The predicted molar refractivity (Wildman–Crippen MR) is 83.5 cm³/mol. The van der Waals surface area contributed by atoms with E-state index in [-0.39, 0.29) is 5.03 Å². The maximum atomic E-state index is 12.8. The van der Waals surface area contributed by atoms with Gasteiger partial charge in [-0.1, -0.05) is 37.3 Å². The molecule has 1 N–H and O–H groups in total. The molecule has 6 heteroatoms. The number of nitrogens with one attached hydrogen (secondary N) is 1. The predicted octanol–water partition coefficient (Wildman–Crippen LogP) is 2.33. The normalized spacial score (nSPS) is 11.6. The molecule has 0 aliphatic rings. The van der Waals surface area contributed by atoms with E-state index < -0.39 is 10.0 Å². The molecule has 112 valence electrons. The van der Waals surface area contributed by atoms with E-state index in [1.165, 1.54) is 10.5 Å². The first-order valence-corrected chi connectivity index (χ1v) is 8.20. The van der Waals surface area contributed by atoms with E-state index in [1.54, 1.807) is 19.2 Å². The zero-order chi connectivity index (χ0) is 15.3. The Morgan fingerprint density at radius 3 is 2.48 bits per heavy atom. The van der Waals surface area contributed by atoms with E-state index in [2.05, 4.69) is 10.3 Å². The van der Waals surface area contributed by atoms with Crippen LogP contribution < -0.4 is 5.32 Å². The van der Waals surface area contributed by atoms with Crippen LogP contribution in [0.1, 0.15) is 12.5 Å². The molecule has 0 aliphatic carbocycles. The van der Waals surface area contributed by atoms with E-state index in [1.807, 2.05) is 37.3 Å². The monoisotopic (exact) mass is 305 g/mol. The number of hydrogen-bond acceptors (Lipinski definition) is 4. The van der Waals surface area contributed by atoms with Gasteiger partial charge >= 0.3 is 0 Å². The first-order valence-electron chi connectivity index (χ1n) is 6.76. The number of pyridine rings is 1. The maximum absolute atomic E-state index is 12.8. The van der Waals surface area contributed by atoms with Gasteiger partial charge in [0.1, 0.15) is 0 Å². The minimum absolute atomic E-state index is 0.0604. The van der Waals surface area contributed by atoms with Gasteiger partial charge in [0.05, 0.1) is 5.69 Å². The Morgan fingerprint density at radius 1 is 1.14 bits per heavy atom. The van der Waals surface area contributed by atoms with Gasteiger partial charge in [-0.05, 0) is 17.7 Å². The van der Waals surface area contributed by atoms with Crippen LogP contribution in [-0.4, -0.2) is 31.3 Å². The quantitative estimate of drug-likeness (QED) is 0.890. The van der Waals surface area contributed by atoms with E-state index in [0.29, 0.717) is 18.8 Å². The third-order valence-corrected chi connectivity index (χ3v) is 5.06. The highest BCUT2D eigenvalue weighted by atomic mass is 32.2. The molecule has 1 heterocycles. The number of aromatic nitrogens is 1. The van der Waals surface area contributed by atoms with E-state index in [4.69, 9.17) is 0 Å². The summed E-state index contributed by atoms with van der Waals surface area (Å²) in [5, 5.41) is 2.94. The molecule has 0 radical (unpaired) electrons. The molecule has 2 aromatic rings. The van der Waals surface area contributed by atoms with Crippen molar-refractivity contribution in [2.75, 3.05) is 18.9 Å². The summed E-state index contributed by atoms with van der Waals surface area (Å²) in [5.74, 6) is 0. The SMILES string of the molecule is CCN(Cc1ccccc1)S(=O)(=O)c1ncccc1NC. The number of sulfonamides is 1. The van der Waals surface area contributed by atoms with Crippen molar-refractivity contribution in [3.05, 3.63) is 54.2 Å². The highest BCUT2D eigenvalue weighted by Crippen LogP contribution is 2.22. The van der Waals surface area contributed by atoms with Crippen LogP contribution >= 0.6 is 0 Å². The second-order valence-corrected chi connectivity index (χ2v) is 6.38. The van der Waals surface area contributed by atoms with Gasteiger partial charge in [0.25, 0.3) is 10.0 Å². The molecule has 0 unspecified atom stereocenters. The van der Waals surface area contributed by atoms with Crippen molar-refractivity contribution in [2.45, 2.75) is 18.5 Å². The molecule has 0 atom stereocenters. The maximum Gasteiger partial charge on any atom is 0.262 e. The van der Waals surface area contributed by atoms with Gasteiger partial charge in [-0.2, -0.15) is 4.31 Å². The number of hydrogen-bond donors (Lipinski definition) is 1. The van der Waals surface area contributed by atoms with Gasteiger partial charge in [0.2, 0.25) is 0 Å². The molecular weight excluding hydrogens is 286 g/mol. The summed E-state index contributed by atoms with van der Waals surface area (Å²) in [6.45, 7) is 2.54. The summed E-state index contributed by atoms with van der Waals surface area (Å²) in [6.07, 6.45) is 1.49. The van der Waals surface area contributed by atoms with Crippen LogP contribution in [0.25, 0.3) is 0 Å². The highest BCUT2D eigenvalue weighted by Gasteiger charge is 2.27. The van der Waals surface area contributed by atoms with Crippen molar-refractivity contribution < 1.29 is 8.42 Å². The molecule has 0 saturated heterocycles. The molecule has 0 bridgehead atoms. The fourth-order valence-corrected chi connectivity index (χ4v) is 3.61. The van der Waals surface area contributed by atoms with Crippen LogP contribution in [0, 0.1) is 0 Å². The van der Waals surface area contributed by atoms with Crippen LogP contribution in [-0.2, 0) is 16.6 Å². The van der Waals surface area contributed by atoms with E-state index in [9.17, 15) is 8.42 Å². The molecular formula is C15H19N3O2S. The molecule has 5 nitrogen and oxygen atoms in total. The van der Waals surface area contributed by atoms with Crippen LogP contribution in [0.5, 0.6) is 0 Å². The molecule has 2 rings (SSSR count). The van der Waals surface area contributed by atoms with E-state index >= 15 is 0 Å². The summed E-state index contributed by atoms with van der Waals surface area (Å²) in [6, 6.07) is 12.9. The Kier molecular flexibility index (Phi) is 4.93. The molecule has 0 saturated carbocycles. The lowest BCUT2D eigenvalue weighted by molar-refractivity contribution is 0.421. The minimum atomic E-state index is -3.63. The zero-order valence-electron chi connectivity index (χ0n) is 12.2. The Morgan fingerprint density at radius 2 is 1.86 bits per heavy atom. The molecule has 0 aliphatic heterocycles. The van der Waals surface area contributed by atoms with Gasteiger partial charge < -0.3 is 5.32 Å². The Balaban J connectivity index is 2.36. The van der Waals surface area contributed by atoms with Crippen molar-refractivity contribution in [1.29, 1.82) is 0 Å². The fourth-order valence-electron chi connectivity index (χ4n) is 2.06. The zero-order valence-corrected chi connectivity index (χ0v) is 13.0. The summed E-state index contributed by atoms with van der Waals surface area (Å²) in [5.41, 5.74) is 1.45. The van der Waals surface area contributed by atoms with Crippen LogP contribution in [0.15, 0.2) is 53.7 Å². The van der Waals surface area contributed by atoms with Crippen molar-refractivity contribution >= 4 is 15.7 Å². The topological polar surface area (TPSA) is 62.3 Å².